The van der Waals surface area contributed by atoms with E-state index in [1.165, 1.54) is 0 Å². The molecule has 1 saturated heterocycles. The molecule has 7 unspecified atom stereocenters. The van der Waals surface area contributed by atoms with Crippen LogP contribution in [0.15, 0.2) is 36.5 Å². The molecular weight excluding hydrogens is 320 g/mol. The molecule has 3 rings (SSSR count). The summed E-state index contributed by atoms with van der Waals surface area (Å²) in [6.45, 7) is 15.6. The van der Waals surface area contributed by atoms with Crippen LogP contribution < -0.4 is 0 Å². The fourth-order valence-corrected chi connectivity index (χ4v) is 4.60. The molecule has 25 heavy (non-hydrogen) atoms. The second-order valence-electron chi connectivity index (χ2n) is 7.53. The molecule has 0 radical (unpaired) electrons. The lowest BCUT2D eigenvalue weighted by atomic mass is 9.79. The number of carbonyl (C=O) groups is 2. The third-order valence-corrected chi connectivity index (χ3v) is 6.18. The monoisotopic (exact) mass is 346 g/mol. The molecule has 3 aliphatic rings. The van der Waals surface area contributed by atoms with E-state index in [9.17, 15) is 14.7 Å². The van der Waals surface area contributed by atoms with Gasteiger partial charge >= 0.3 is 11.9 Å². The van der Waals surface area contributed by atoms with Crippen molar-refractivity contribution in [2.75, 3.05) is 0 Å². The number of aliphatic hydroxyl groups is 1. The average Bonchev–Trinajstić information content (AvgIpc) is 2.99. The smallest absolute Gasteiger partial charge is 0.334 e. The fourth-order valence-electron chi connectivity index (χ4n) is 4.60. The van der Waals surface area contributed by atoms with Crippen LogP contribution in [-0.2, 0) is 19.1 Å². The van der Waals surface area contributed by atoms with E-state index >= 15 is 0 Å². The minimum absolute atomic E-state index is 0.0204. The van der Waals surface area contributed by atoms with Crippen LogP contribution in [0.2, 0.25) is 0 Å². The van der Waals surface area contributed by atoms with Gasteiger partial charge in [-0.05, 0) is 24.7 Å². The Morgan fingerprint density at radius 1 is 1.40 bits per heavy atom. The largest absolute Gasteiger partial charge is 0.458 e. The van der Waals surface area contributed by atoms with Gasteiger partial charge in [0, 0.05) is 23.5 Å². The highest BCUT2D eigenvalue weighted by Gasteiger charge is 2.57. The maximum absolute atomic E-state index is 12.3. The highest BCUT2D eigenvalue weighted by atomic mass is 16.6. The first-order valence-electron chi connectivity index (χ1n) is 8.90. The van der Waals surface area contributed by atoms with Crippen molar-refractivity contribution in [3.63, 3.8) is 0 Å². The summed E-state index contributed by atoms with van der Waals surface area (Å²) in [5.74, 6) is -1.30. The summed E-state index contributed by atoms with van der Waals surface area (Å²) in [7, 11) is 0. The van der Waals surface area contributed by atoms with Gasteiger partial charge < -0.3 is 14.6 Å². The van der Waals surface area contributed by atoms with Crippen LogP contribution in [0, 0.1) is 23.7 Å². The molecule has 7 atom stereocenters. The fraction of sp³-hybridized carbons (Fsp3) is 0.600. The number of esters is 2. The molecule has 5 nitrogen and oxygen atoms in total. The molecule has 0 spiro atoms. The summed E-state index contributed by atoms with van der Waals surface area (Å²) in [5.41, 5.74) is 1.67. The Kier molecular flexibility index (Phi) is 4.62. The molecule has 136 valence electrons. The van der Waals surface area contributed by atoms with Crippen molar-refractivity contribution in [2.24, 2.45) is 23.7 Å². The molecule has 0 aromatic rings. The van der Waals surface area contributed by atoms with Gasteiger partial charge in [0.15, 0.2) is 0 Å². The van der Waals surface area contributed by atoms with Gasteiger partial charge in [-0.2, -0.15) is 0 Å². The quantitative estimate of drug-likeness (QED) is 0.483. The van der Waals surface area contributed by atoms with E-state index in [1.807, 2.05) is 13.8 Å². The molecule has 0 aromatic carbocycles. The Labute approximate surface area is 148 Å². The molecule has 1 N–H and O–H groups in total. The molecular formula is C20H26O5. The number of hydrogen-bond donors (Lipinski definition) is 1. The van der Waals surface area contributed by atoms with Crippen LogP contribution in [0.3, 0.4) is 0 Å². The first kappa shape index (κ1) is 17.9. The lowest BCUT2D eigenvalue weighted by Crippen LogP contribution is -2.38. The van der Waals surface area contributed by atoms with E-state index in [0.717, 1.165) is 5.57 Å². The normalized spacial score (nSPS) is 40.1. The Morgan fingerprint density at radius 3 is 2.72 bits per heavy atom. The Hall–Kier alpha value is -1.88. The Bertz CT molecular complexity index is 648. The van der Waals surface area contributed by atoms with Crippen LogP contribution in [0.4, 0.5) is 0 Å². The number of fused-ring (bicyclic) bond motifs is 3. The zero-order valence-electron chi connectivity index (χ0n) is 14.9. The van der Waals surface area contributed by atoms with Gasteiger partial charge in [-0.15, -0.1) is 0 Å². The lowest BCUT2D eigenvalue weighted by molar-refractivity contribution is -0.149. The van der Waals surface area contributed by atoms with E-state index in [0.29, 0.717) is 30.4 Å². The van der Waals surface area contributed by atoms with E-state index < -0.39 is 36.2 Å². The minimum Gasteiger partial charge on any atom is -0.458 e. The second-order valence-corrected chi connectivity index (χ2v) is 7.53. The molecule has 0 aromatic heterocycles. The van der Waals surface area contributed by atoms with Gasteiger partial charge in [0.05, 0.1) is 12.0 Å². The lowest BCUT2D eigenvalue weighted by Gasteiger charge is -2.30. The zero-order chi connectivity index (χ0) is 18.5. The van der Waals surface area contributed by atoms with E-state index in [-0.39, 0.29) is 17.8 Å². The maximum atomic E-state index is 12.3. The summed E-state index contributed by atoms with van der Waals surface area (Å²) in [6, 6.07) is 0. The predicted molar refractivity (Wildman–Crippen MR) is 92.3 cm³/mol. The van der Waals surface area contributed by atoms with E-state index in [4.69, 9.17) is 9.47 Å². The number of carbonyl (C=O) groups excluding carboxylic acids is 2. The molecule has 2 aliphatic carbocycles. The topological polar surface area (TPSA) is 72.8 Å². The third-order valence-electron chi connectivity index (χ3n) is 6.18. The number of rotatable bonds is 3. The van der Waals surface area contributed by atoms with Crippen molar-refractivity contribution >= 4 is 11.9 Å². The number of aliphatic hydroxyl groups excluding tert-OH is 1. The first-order valence-corrected chi connectivity index (χ1v) is 8.90. The summed E-state index contributed by atoms with van der Waals surface area (Å²) in [4.78, 5) is 24.4. The van der Waals surface area contributed by atoms with Gasteiger partial charge in [0.1, 0.15) is 12.2 Å². The standard InChI is InChI=1S/C20H26O5/c1-6-9(2)19(22)24-15-7-10(3)13-8-14(21)11(4)16(13)18-17(15)12(5)20(23)25-18/h11,13-18,21H,2-3,5-8H2,1,4H3. The first-order chi connectivity index (χ1) is 11.8. The van der Waals surface area contributed by atoms with Crippen LogP contribution in [0.25, 0.3) is 0 Å². The molecule has 1 heterocycles. The molecule has 5 heteroatoms. The molecule has 0 bridgehead atoms. The second kappa shape index (κ2) is 6.45. The Morgan fingerprint density at radius 2 is 2.08 bits per heavy atom. The van der Waals surface area contributed by atoms with Crippen molar-refractivity contribution in [1.82, 2.24) is 0 Å². The predicted octanol–water partition coefficient (Wildman–Crippen LogP) is 2.56. The molecule has 3 fully saturated rings. The van der Waals surface area contributed by atoms with Crippen molar-refractivity contribution in [3.05, 3.63) is 36.5 Å². The highest BCUT2D eigenvalue weighted by Crippen LogP contribution is 2.53. The van der Waals surface area contributed by atoms with Gasteiger partial charge in [0.2, 0.25) is 0 Å². The average molecular weight is 346 g/mol. The summed E-state index contributed by atoms with van der Waals surface area (Å²) in [6.07, 6.45) is 0.122. The zero-order valence-corrected chi connectivity index (χ0v) is 14.9. The number of hydrogen-bond acceptors (Lipinski definition) is 5. The third kappa shape index (κ3) is 2.84. The van der Waals surface area contributed by atoms with Crippen LogP contribution >= 0.6 is 0 Å². The summed E-state index contributed by atoms with van der Waals surface area (Å²) < 4.78 is 11.3. The SMILES string of the molecule is C=C(CC)C(=O)OC1CC(=C)C2CC(O)C(C)C2C2OC(=O)C(=C)C12. The van der Waals surface area contributed by atoms with Gasteiger partial charge in [-0.1, -0.05) is 39.2 Å². The van der Waals surface area contributed by atoms with Crippen molar-refractivity contribution in [1.29, 1.82) is 0 Å². The molecule has 2 saturated carbocycles. The van der Waals surface area contributed by atoms with Crippen molar-refractivity contribution in [3.8, 4) is 0 Å². The maximum Gasteiger partial charge on any atom is 0.334 e. The van der Waals surface area contributed by atoms with Crippen molar-refractivity contribution < 1.29 is 24.2 Å². The highest BCUT2D eigenvalue weighted by molar-refractivity contribution is 5.91. The molecule has 0 amide bonds. The minimum atomic E-state index is -0.540. The van der Waals surface area contributed by atoms with E-state index in [2.05, 4.69) is 19.7 Å². The summed E-state index contributed by atoms with van der Waals surface area (Å²) in [5, 5.41) is 10.3. The Balaban J connectivity index is 1.95. The van der Waals surface area contributed by atoms with Gasteiger partial charge in [0.25, 0.3) is 0 Å². The molecule has 1 aliphatic heterocycles. The summed E-state index contributed by atoms with van der Waals surface area (Å²) >= 11 is 0. The van der Waals surface area contributed by atoms with Crippen LogP contribution in [0.1, 0.15) is 33.1 Å². The van der Waals surface area contributed by atoms with Gasteiger partial charge in [-0.25, -0.2) is 9.59 Å². The number of ether oxygens (including phenoxy) is 2. The van der Waals surface area contributed by atoms with E-state index in [1.54, 1.807) is 0 Å². The van der Waals surface area contributed by atoms with Crippen molar-refractivity contribution in [2.45, 2.75) is 51.4 Å². The van der Waals surface area contributed by atoms with Crippen LogP contribution in [0.5, 0.6) is 0 Å². The van der Waals surface area contributed by atoms with Gasteiger partial charge in [-0.3, -0.25) is 0 Å². The van der Waals surface area contributed by atoms with Crippen LogP contribution in [-0.4, -0.2) is 35.4 Å².